The van der Waals surface area contributed by atoms with E-state index in [1.807, 2.05) is 55.5 Å². The molecule has 0 spiro atoms. The van der Waals surface area contributed by atoms with Crippen LogP contribution < -0.4 is 5.32 Å². The quantitative estimate of drug-likeness (QED) is 0.677. The molecule has 0 atom stereocenters. The highest BCUT2D eigenvalue weighted by Crippen LogP contribution is 2.28. The third kappa shape index (κ3) is 3.11. The number of hydrogen-bond acceptors (Lipinski definition) is 1. The Morgan fingerprint density at radius 1 is 0.913 bits per heavy atom. The van der Waals surface area contributed by atoms with Gasteiger partial charge in [-0.3, -0.25) is 4.79 Å². The van der Waals surface area contributed by atoms with Crippen LogP contribution in [0, 0.1) is 6.92 Å². The van der Waals surface area contributed by atoms with E-state index in [9.17, 15) is 4.79 Å². The van der Waals surface area contributed by atoms with Crippen molar-refractivity contribution in [3.05, 3.63) is 77.4 Å². The molecule has 0 saturated carbocycles. The molecular formula is C21H21NO. The standard InChI is InChI=1S/C21H21NO/c1-14(2)19-10-6-7-15(3)20(19)22-21(23)18-12-11-16-8-4-5-9-17(16)13-18/h4-14H,1-3H3,(H,22,23). The van der Waals surface area contributed by atoms with E-state index >= 15 is 0 Å². The van der Waals surface area contributed by atoms with E-state index < -0.39 is 0 Å². The summed E-state index contributed by atoms with van der Waals surface area (Å²) in [7, 11) is 0. The first-order valence-corrected chi connectivity index (χ1v) is 7.96. The fraction of sp³-hybridized carbons (Fsp3) is 0.190. The van der Waals surface area contributed by atoms with E-state index in [2.05, 4.69) is 31.3 Å². The van der Waals surface area contributed by atoms with Crippen LogP contribution in [-0.4, -0.2) is 5.91 Å². The molecule has 0 heterocycles. The van der Waals surface area contributed by atoms with Gasteiger partial charge < -0.3 is 5.32 Å². The van der Waals surface area contributed by atoms with Gasteiger partial charge in [-0.05, 0) is 46.9 Å². The molecular weight excluding hydrogens is 282 g/mol. The van der Waals surface area contributed by atoms with Crippen LogP contribution in [0.2, 0.25) is 0 Å². The highest BCUT2D eigenvalue weighted by Gasteiger charge is 2.13. The minimum atomic E-state index is -0.0630. The Bertz CT molecular complexity index is 865. The van der Waals surface area contributed by atoms with Crippen molar-refractivity contribution in [1.29, 1.82) is 0 Å². The minimum absolute atomic E-state index is 0.0630. The molecule has 0 bridgehead atoms. The van der Waals surface area contributed by atoms with Crippen LogP contribution in [-0.2, 0) is 0 Å². The fourth-order valence-corrected chi connectivity index (χ4v) is 2.86. The SMILES string of the molecule is Cc1cccc(C(C)C)c1NC(=O)c1ccc2ccccc2c1. The van der Waals surface area contributed by atoms with Crippen molar-refractivity contribution in [2.24, 2.45) is 0 Å². The predicted molar refractivity (Wildman–Crippen MR) is 97.2 cm³/mol. The van der Waals surface area contributed by atoms with Gasteiger partial charge in [0.2, 0.25) is 0 Å². The summed E-state index contributed by atoms with van der Waals surface area (Å²) in [6.07, 6.45) is 0. The van der Waals surface area contributed by atoms with Gasteiger partial charge in [0.1, 0.15) is 0 Å². The van der Waals surface area contributed by atoms with Gasteiger partial charge in [-0.15, -0.1) is 0 Å². The molecule has 0 aliphatic rings. The second-order valence-electron chi connectivity index (χ2n) is 6.21. The number of hydrogen-bond donors (Lipinski definition) is 1. The number of anilines is 1. The normalized spacial score (nSPS) is 11.0. The monoisotopic (exact) mass is 303 g/mol. The molecule has 0 aliphatic heterocycles. The summed E-state index contributed by atoms with van der Waals surface area (Å²) in [4.78, 5) is 12.7. The summed E-state index contributed by atoms with van der Waals surface area (Å²) >= 11 is 0. The number of benzene rings is 3. The molecule has 0 saturated heterocycles. The van der Waals surface area contributed by atoms with Gasteiger partial charge in [-0.2, -0.15) is 0 Å². The van der Waals surface area contributed by atoms with Gasteiger partial charge in [0.15, 0.2) is 0 Å². The first-order valence-electron chi connectivity index (χ1n) is 7.96. The van der Waals surface area contributed by atoms with Crippen LogP contribution >= 0.6 is 0 Å². The Kier molecular flexibility index (Phi) is 4.16. The number of para-hydroxylation sites is 1. The first-order chi connectivity index (χ1) is 11.1. The van der Waals surface area contributed by atoms with Gasteiger partial charge in [0.25, 0.3) is 5.91 Å². The number of carbonyl (C=O) groups is 1. The van der Waals surface area contributed by atoms with Gasteiger partial charge in [-0.1, -0.05) is 62.4 Å². The van der Waals surface area contributed by atoms with Crippen LogP contribution in [0.25, 0.3) is 10.8 Å². The molecule has 0 aromatic heterocycles. The van der Waals surface area contributed by atoms with Gasteiger partial charge in [0, 0.05) is 11.3 Å². The Balaban J connectivity index is 1.95. The number of amides is 1. The Labute approximate surface area is 137 Å². The molecule has 0 aliphatic carbocycles. The molecule has 3 rings (SSSR count). The van der Waals surface area contributed by atoms with Crippen molar-refractivity contribution in [2.75, 3.05) is 5.32 Å². The molecule has 116 valence electrons. The van der Waals surface area contributed by atoms with Crippen LogP contribution in [0.4, 0.5) is 5.69 Å². The number of rotatable bonds is 3. The number of fused-ring (bicyclic) bond motifs is 1. The Morgan fingerprint density at radius 2 is 1.65 bits per heavy atom. The number of aryl methyl sites for hydroxylation is 1. The molecule has 2 heteroatoms. The lowest BCUT2D eigenvalue weighted by molar-refractivity contribution is 0.102. The number of nitrogens with one attached hydrogen (secondary N) is 1. The molecule has 0 unspecified atom stereocenters. The highest BCUT2D eigenvalue weighted by atomic mass is 16.1. The van der Waals surface area contributed by atoms with Crippen molar-refractivity contribution < 1.29 is 4.79 Å². The van der Waals surface area contributed by atoms with E-state index in [0.29, 0.717) is 11.5 Å². The van der Waals surface area contributed by atoms with Crippen molar-refractivity contribution in [2.45, 2.75) is 26.7 Å². The minimum Gasteiger partial charge on any atom is -0.321 e. The van der Waals surface area contributed by atoms with Gasteiger partial charge in [0.05, 0.1) is 0 Å². The summed E-state index contributed by atoms with van der Waals surface area (Å²) < 4.78 is 0. The molecule has 1 N–H and O–H groups in total. The second-order valence-corrected chi connectivity index (χ2v) is 6.21. The van der Waals surface area contributed by atoms with Crippen molar-refractivity contribution >= 4 is 22.4 Å². The molecule has 0 radical (unpaired) electrons. The second kappa shape index (κ2) is 6.25. The molecule has 23 heavy (non-hydrogen) atoms. The zero-order valence-corrected chi connectivity index (χ0v) is 13.8. The average molecular weight is 303 g/mol. The van der Waals surface area contributed by atoms with E-state index in [-0.39, 0.29) is 5.91 Å². The third-order valence-electron chi connectivity index (χ3n) is 4.18. The maximum atomic E-state index is 12.7. The van der Waals surface area contributed by atoms with Crippen LogP contribution in [0.5, 0.6) is 0 Å². The van der Waals surface area contributed by atoms with Crippen molar-refractivity contribution in [3.63, 3.8) is 0 Å². The van der Waals surface area contributed by atoms with E-state index in [4.69, 9.17) is 0 Å². The summed E-state index contributed by atoms with van der Waals surface area (Å²) in [5.41, 5.74) is 3.87. The van der Waals surface area contributed by atoms with Crippen molar-refractivity contribution in [3.8, 4) is 0 Å². The number of carbonyl (C=O) groups excluding carboxylic acids is 1. The van der Waals surface area contributed by atoms with Crippen LogP contribution in [0.15, 0.2) is 60.7 Å². The molecule has 3 aromatic carbocycles. The molecule has 2 nitrogen and oxygen atoms in total. The molecule has 1 amide bonds. The van der Waals surface area contributed by atoms with E-state index in [0.717, 1.165) is 22.0 Å². The summed E-state index contributed by atoms with van der Waals surface area (Å²) in [5, 5.41) is 5.32. The van der Waals surface area contributed by atoms with Gasteiger partial charge in [-0.25, -0.2) is 0 Å². The zero-order valence-electron chi connectivity index (χ0n) is 13.8. The third-order valence-corrected chi connectivity index (χ3v) is 4.18. The lowest BCUT2D eigenvalue weighted by atomic mass is 9.98. The van der Waals surface area contributed by atoms with Gasteiger partial charge >= 0.3 is 0 Å². The lowest BCUT2D eigenvalue weighted by Crippen LogP contribution is -2.14. The zero-order chi connectivity index (χ0) is 16.4. The Hall–Kier alpha value is -2.61. The van der Waals surface area contributed by atoms with Crippen LogP contribution in [0.1, 0.15) is 41.3 Å². The van der Waals surface area contributed by atoms with E-state index in [1.165, 1.54) is 5.56 Å². The summed E-state index contributed by atoms with van der Waals surface area (Å²) in [6.45, 7) is 6.31. The summed E-state index contributed by atoms with van der Waals surface area (Å²) in [6, 6.07) is 20.0. The highest BCUT2D eigenvalue weighted by molar-refractivity contribution is 6.07. The van der Waals surface area contributed by atoms with Crippen molar-refractivity contribution in [1.82, 2.24) is 0 Å². The van der Waals surface area contributed by atoms with E-state index in [1.54, 1.807) is 0 Å². The maximum absolute atomic E-state index is 12.7. The topological polar surface area (TPSA) is 29.1 Å². The molecule has 0 fully saturated rings. The predicted octanol–water partition coefficient (Wildman–Crippen LogP) is 5.52. The fourth-order valence-electron chi connectivity index (χ4n) is 2.86. The van der Waals surface area contributed by atoms with Crippen LogP contribution in [0.3, 0.4) is 0 Å². The smallest absolute Gasteiger partial charge is 0.255 e. The summed E-state index contributed by atoms with van der Waals surface area (Å²) in [5.74, 6) is 0.300. The lowest BCUT2D eigenvalue weighted by Gasteiger charge is -2.16. The molecule has 3 aromatic rings. The first kappa shape index (κ1) is 15.3. The average Bonchev–Trinajstić information content (AvgIpc) is 2.56. The largest absolute Gasteiger partial charge is 0.321 e. The maximum Gasteiger partial charge on any atom is 0.255 e. The Morgan fingerprint density at radius 3 is 2.39 bits per heavy atom.